The summed E-state index contributed by atoms with van der Waals surface area (Å²) in [6.45, 7) is 0.912. The van der Waals surface area contributed by atoms with E-state index in [0.717, 1.165) is 18.3 Å². The molecule has 0 spiro atoms. The molecule has 6 nitrogen and oxygen atoms in total. The fourth-order valence-electron chi connectivity index (χ4n) is 1.71. The molecule has 0 aromatic carbocycles. The second-order valence-electron chi connectivity index (χ2n) is 4.18. The molecule has 0 aliphatic heterocycles. The van der Waals surface area contributed by atoms with Gasteiger partial charge in [-0.1, -0.05) is 12.8 Å². The van der Waals surface area contributed by atoms with Gasteiger partial charge in [0.05, 0.1) is 0 Å². The number of anilines is 1. The molecule has 0 bridgehead atoms. The average molecular weight is 219 g/mol. The third-order valence-corrected chi connectivity index (χ3v) is 2.83. The minimum Gasteiger partial charge on any atom is -0.369 e. The number of nitrogens with zero attached hydrogens (tertiary/aromatic N) is 3. The van der Waals surface area contributed by atoms with E-state index in [-0.39, 0.29) is 5.69 Å². The Morgan fingerprint density at radius 1 is 1.50 bits per heavy atom. The SMILES string of the molecule is O=c1[nH]nc2ccc(NCCC3CC3)nn12. The summed E-state index contributed by atoms with van der Waals surface area (Å²) in [5.74, 6) is 1.62. The first-order valence-electron chi connectivity index (χ1n) is 5.51. The summed E-state index contributed by atoms with van der Waals surface area (Å²) in [5, 5.41) is 13.5. The van der Waals surface area contributed by atoms with Crippen LogP contribution < -0.4 is 11.0 Å². The van der Waals surface area contributed by atoms with E-state index in [2.05, 4.69) is 20.6 Å². The molecule has 0 unspecified atom stereocenters. The molecule has 0 radical (unpaired) electrons. The Labute approximate surface area is 91.7 Å². The Morgan fingerprint density at radius 2 is 2.38 bits per heavy atom. The van der Waals surface area contributed by atoms with Crippen molar-refractivity contribution in [2.75, 3.05) is 11.9 Å². The largest absolute Gasteiger partial charge is 0.369 e. The van der Waals surface area contributed by atoms with Gasteiger partial charge in [-0.25, -0.2) is 9.89 Å². The Balaban J connectivity index is 1.75. The Hall–Kier alpha value is -1.85. The van der Waals surface area contributed by atoms with Crippen molar-refractivity contribution < 1.29 is 0 Å². The number of rotatable bonds is 4. The monoisotopic (exact) mass is 219 g/mol. The standard InChI is InChI=1S/C10H13N5O/c16-10-13-12-9-4-3-8(14-15(9)10)11-6-5-7-1-2-7/h3-4,7H,1-2,5-6H2,(H,11,14)(H,13,16). The lowest BCUT2D eigenvalue weighted by molar-refractivity contribution is 0.754. The maximum atomic E-state index is 11.3. The number of aromatic nitrogens is 4. The van der Waals surface area contributed by atoms with Crippen LogP contribution in [0.2, 0.25) is 0 Å². The Kier molecular flexibility index (Phi) is 2.12. The molecule has 84 valence electrons. The van der Waals surface area contributed by atoms with Crippen molar-refractivity contribution in [1.82, 2.24) is 19.8 Å². The van der Waals surface area contributed by atoms with Crippen molar-refractivity contribution in [3.63, 3.8) is 0 Å². The van der Waals surface area contributed by atoms with Gasteiger partial charge < -0.3 is 5.32 Å². The average Bonchev–Trinajstić information content (AvgIpc) is 3.04. The first-order chi connectivity index (χ1) is 7.83. The number of aromatic amines is 1. The van der Waals surface area contributed by atoms with Crippen LogP contribution in [0.25, 0.3) is 5.65 Å². The van der Waals surface area contributed by atoms with Crippen LogP contribution in [0.1, 0.15) is 19.3 Å². The minimum absolute atomic E-state index is 0.305. The van der Waals surface area contributed by atoms with E-state index in [9.17, 15) is 4.79 Å². The van der Waals surface area contributed by atoms with E-state index in [1.165, 1.54) is 23.8 Å². The fourth-order valence-corrected chi connectivity index (χ4v) is 1.71. The van der Waals surface area contributed by atoms with Crippen LogP contribution in [-0.4, -0.2) is 26.4 Å². The maximum Gasteiger partial charge on any atom is 0.364 e. The Bertz CT molecular complexity index is 554. The minimum atomic E-state index is -0.305. The fraction of sp³-hybridized carbons (Fsp3) is 0.500. The van der Waals surface area contributed by atoms with Gasteiger partial charge in [-0.3, -0.25) is 0 Å². The van der Waals surface area contributed by atoms with Crippen LogP contribution in [0.5, 0.6) is 0 Å². The third-order valence-electron chi connectivity index (χ3n) is 2.83. The zero-order valence-electron chi connectivity index (χ0n) is 8.81. The van der Waals surface area contributed by atoms with Gasteiger partial charge in [-0.2, -0.15) is 9.61 Å². The van der Waals surface area contributed by atoms with Crippen molar-refractivity contribution >= 4 is 11.5 Å². The van der Waals surface area contributed by atoms with E-state index in [1.807, 2.05) is 6.07 Å². The molecule has 2 N–H and O–H groups in total. The number of fused-ring (bicyclic) bond motifs is 1. The zero-order chi connectivity index (χ0) is 11.0. The van der Waals surface area contributed by atoms with Gasteiger partial charge in [0.1, 0.15) is 5.82 Å². The van der Waals surface area contributed by atoms with Gasteiger partial charge in [-0.15, -0.1) is 5.10 Å². The molecule has 0 atom stereocenters. The van der Waals surface area contributed by atoms with Crippen LogP contribution in [-0.2, 0) is 0 Å². The zero-order valence-corrected chi connectivity index (χ0v) is 8.81. The summed E-state index contributed by atoms with van der Waals surface area (Å²) in [7, 11) is 0. The molecule has 2 aromatic rings. The lowest BCUT2D eigenvalue weighted by Crippen LogP contribution is -2.14. The van der Waals surface area contributed by atoms with Gasteiger partial charge in [0.25, 0.3) is 0 Å². The first-order valence-corrected chi connectivity index (χ1v) is 5.51. The van der Waals surface area contributed by atoms with Crippen molar-refractivity contribution in [1.29, 1.82) is 0 Å². The predicted molar refractivity (Wildman–Crippen MR) is 59.4 cm³/mol. The van der Waals surface area contributed by atoms with Crippen LogP contribution in [0.4, 0.5) is 5.82 Å². The van der Waals surface area contributed by atoms with Crippen LogP contribution in [0.3, 0.4) is 0 Å². The van der Waals surface area contributed by atoms with E-state index in [4.69, 9.17) is 0 Å². The molecule has 1 aliphatic rings. The highest BCUT2D eigenvalue weighted by molar-refractivity contribution is 5.42. The molecule has 1 aliphatic carbocycles. The molecule has 0 saturated heterocycles. The second kappa shape index (κ2) is 3.62. The van der Waals surface area contributed by atoms with Crippen LogP contribution in [0, 0.1) is 5.92 Å². The molecule has 0 amide bonds. The highest BCUT2D eigenvalue weighted by atomic mass is 16.2. The lowest BCUT2D eigenvalue weighted by atomic mass is 10.3. The highest BCUT2D eigenvalue weighted by Crippen LogP contribution is 2.31. The summed E-state index contributed by atoms with van der Waals surface area (Å²) in [4.78, 5) is 11.3. The van der Waals surface area contributed by atoms with Crippen molar-refractivity contribution in [3.05, 3.63) is 22.6 Å². The van der Waals surface area contributed by atoms with Gasteiger partial charge in [0.2, 0.25) is 0 Å². The summed E-state index contributed by atoms with van der Waals surface area (Å²) in [6.07, 6.45) is 3.89. The first kappa shape index (κ1) is 9.38. The van der Waals surface area contributed by atoms with Crippen molar-refractivity contribution in [2.45, 2.75) is 19.3 Å². The van der Waals surface area contributed by atoms with Crippen molar-refractivity contribution in [3.8, 4) is 0 Å². The summed E-state index contributed by atoms with van der Waals surface area (Å²) < 4.78 is 1.26. The van der Waals surface area contributed by atoms with Crippen molar-refractivity contribution in [2.24, 2.45) is 5.92 Å². The smallest absolute Gasteiger partial charge is 0.364 e. The number of H-pyrrole nitrogens is 1. The maximum absolute atomic E-state index is 11.3. The van der Waals surface area contributed by atoms with E-state index in [1.54, 1.807) is 6.07 Å². The van der Waals surface area contributed by atoms with Gasteiger partial charge >= 0.3 is 5.69 Å². The molecular weight excluding hydrogens is 206 g/mol. The van der Waals surface area contributed by atoms with Gasteiger partial charge in [0.15, 0.2) is 5.65 Å². The second-order valence-corrected chi connectivity index (χ2v) is 4.18. The quantitative estimate of drug-likeness (QED) is 0.790. The number of hydrogen-bond donors (Lipinski definition) is 2. The number of nitrogens with one attached hydrogen (secondary N) is 2. The molecule has 6 heteroatoms. The normalized spacial score (nSPS) is 15.5. The third kappa shape index (κ3) is 1.78. The molecule has 1 saturated carbocycles. The van der Waals surface area contributed by atoms with E-state index in [0.29, 0.717) is 5.65 Å². The molecular formula is C10H13N5O. The molecule has 3 rings (SSSR count). The molecule has 2 aromatic heterocycles. The summed E-state index contributed by atoms with van der Waals surface area (Å²) >= 11 is 0. The topological polar surface area (TPSA) is 75.1 Å². The summed E-state index contributed by atoms with van der Waals surface area (Å²) in [5.41, 5.74) is 0.235. The van der Waals surface area contributed by atoms with Crippen LogP contribution >= 0.6 is 0 Å². The number of hydrogen-bond acceptors (Lipinski definition) is 4. The molecule has 2 heterocycles. The summed E-state index contributed by atoms with van der Waals surface area (Å²) in [6, 6.07) is 3.60. The van der Waals surface area contributed by atoms with Crippen LogP contribution in [0.15, 0.2) is 16.9 Å². The lowest BCUT2D eigenvalue weighted by Gasteiger charge is -2.03. The van der Waals surface area contributed by atoms with Gasteiger partial charge in [0, 0.05) is 6.54 Å². The van der Waals surface area contributed by atoms with Gasteiger partial charge in [-0.05, 0) is 24.5 Å². The van der Waals surface area contributed by atoms with E-state index < -0.39 is 0 Å². The van der Waals surface area contributed by atoms with E-state index >= 15 is 0 Å². The molecule has 16 heavy (non-hydrogen) atoms. The molecule has 1 fully saturated rings. The highest BCUT2D eigenvalue weighted by Gasteiger charge is 2.20. The predicted octanol–water partition coefficient (Wildman–Crippen LogP) is 0.630. The Morgan fingerprint density at radius 3 is 3.19 bits per heavy atom.